The molecule has 1 N–H and O–H groups in total. The Bertz CT molecular complexity index is 836. The second-order valence-electron chi connectivity index (χ2n) is 5.53. The van der Waals surface area contributed by atoms with Crippen LogP contribution in [0, 0.1) is 12.7 Å². The minimum Gasteiger partial charge on any atom is -0.454 e. The number of hydrogen-bond donors (Lipinski definition) is 1. The van der Waals surface area contributed by atoms with E-state index in [9.17, 15) is 9.18 Å². The Kier molecular flexibility index (Phi) is 4.83. The van der Waals surface area contributed by atoms with Gasteiger partial charge in [0.25, 0.3) is 5.91 Å². The second kappa shape index (κ2) is 7.21. The van der Waals surface area contributed by atoms with Gasteiger partial charge in [0, 0.05) is 11.3 Å². The van der Waals surface area contributed by atoms with Crippen molar-refractivity contribution >= 4 is 17.3 Å². The van der Waals surface area contributed by atoms with E-state index in [0.717, 1.165) is 5.56 Å². The monoisotopic (exact) mass is 344 g/mol. The first-order chi connectivity index (χ1) is 12.0. The van der Waals surface area contributed by atoms with Crippen LogP contribution in [0.1, 0.15) is 18.1 Å². The maximum atomic E-state index is 13.4. The van der Waals surface area contributed by atoms with E-state index in [2.05, 4.69) is 10.5 Å². The molecule has 0 atom stereocenters. The molecule has 130 valence electrons. The summed E-state index contributed by atoms with van der Waals surface area (Å²) in [5, 5.41) is 6.47. The van der Waals surface area contributed by atoms with Crippen LogP contribution in [0.15, 0.2) is 41.6 Å². The fourth-order valence-electron chi connectivity index (χ4n) is 2.23. The van der Waals surface area contributed by atoms with E-state index in [0.29, 0.717) is 28.5 Å². The van der Waals surface area contributed by atoms with Gasteiger partial charge in [0.1, 0.15) is 5.82 Å². The Labute approximate surface area is 144 Å². The number of halogens is 1. The molecule has 7 heteroatoms. The molecular weight excluding hydrogens is 327 g/mol. The summed E-state index contributed by atoms with van der Waals surface area (Å²) in [6, 6.07) is 9.87. The molecule has 0 saturated heterocycles. The third kappa shape index (κ3) is 4.06. The van der Waals surface area contributed by atoms with E-state index >= 15 is 0 Å². The SMILES string of the molecule is C/C(=N/OCC(=O)Nc1ccc(C)c(F)c1)c1ccc2c(c1)OCO2. The minimum atomic E-state index is -0.425. The molecule has 3 rings (SSSR count). The van der Waals surface area contributed by atoms with Gasteiger partial charge in [-0.25, -0.2) is 4.39 Å². The number of fused-ring (bicyclic) bond motifs is 1. The summed E-state index contributed by atoms with van der Waals surface area (Å²) in [5.74, 6) is 0.522. The lowest BCUT2D eigenvalue weighted by Gasteiger charge is -2.06. The maximum Gasteiger partial charge on any atom is 0.265 e. The van der Waals surface area contributed by atoms with Crippen LogP contribution in [0.2, 0.25) is 0 Å². The Morgan fingerprint density at radius 3 is 2.84 bits per heavy atom. The number of rotatable bonds is 5. The fraction of sp³-hybridized carbons (Fsp3) is 0.222. The highest BCUT2D eigenvalue weighted by molar-refractivity contribution is 5.99. The molecule has 1 heterocycles. The van der Waals surface area contributed by atoms with Crippen LogP contribution in [0.4, 0.5) is 10.1 Å². The molecule has 0 fully saturated rings. The molecule has 1 aliphatic rings. The number of hydrogen-bond acceptors (Lipinski definition) is 5. The zero-order valence-corrected chi connectivity index (χ0v) is 13.8. The van der Waals surface area contributed by atoms with Crippen molar-refractivity contribution in [2.75, 3.05) is 18.7 Å². The zero-order valence-electron chi connectivity index (χ0n) is 13.8. The first-order valence-electron chi connectivity index (χ1n) is 7.65. The van der Waals surface area contributed by atoms with Gasteiger partial charge in [0.2, 0.25) is 6.79 Å². The standard InChI is InChI=1S/C18H17FN2O4/c1-11-3-5-14(8-15(11)19)20-18(22)9-25-21-12(2)13-4-6-16-17(7-13)24-10-23-16/h3-8H,9-10H2,1-2H3,(H,20,22)/b21-12-. The quantitative estimate of drug-likeness (QED) is 0.668. The Hall–Kier alpha value is -3.09. The largest absolute Gasteiger partial charge is 0.454 e. The van der Waals surface area contributed by atoms with Crippen molar-refractivity contribution in [3.05, 3.63) is 53.3 Å². The van der Waals surface area contributed by atoms with Gasteiger partial charge in [-0.05, 0) is 49.7 Å². The summed E-state index contributed by atoms with van der Waals surface area (Å²) in [6.07, 6.45) is 0. The van der Waals surface area contributed by atoms with Crippen LogP contribution >= 0.6 is 0 Å². The molecule has 0 aromatic heterocycles. The van der Waals surface area contributed by atoms with Gasteiger partial charge in [0.15, 0.2) is 18.1 Å². The number of amides is 1. The molecule has 0 saturated carbocycles. The normalized spacial score (nSPS) is 12.8. The fourth-order valence-corrected chi connectivity index (χ4v) is 2.23. The topological polar surface area (TPSA) is 69.2 Å². The van der Waals surface area contributed by atoms with E-state index < -0.39 is 5.91 Å². The van der Waals surface area contributed by atoms with E-state index in [1.807, 2.05) is 6.07 Å². The molecule has 0 bridgehead atoms. The van der Waals surface area contributed by atoms with Crippen LogP contribution in [-0.2, 0) is 9.63 Å². The third-order valence-electron chi connectivity index (χ3n) is 3.64. The molecule has 6 nitrogen and oxygen atoms in total. The summed E-state index contributed by atoms with van der Waals surface area (Å²) in [6.45, 7) is 3.32. The number of oxime groups is 1. The molecule has 0 spiro atoms. The van der Waals surface area contributed by atoms with Crippen molar-refractivity contribution in [2.24, 2.45) is 5.16 Å². The van der Waals surface area contributed by atoms with E-state index in [4.69, 9.17) is 14.3 Å². The van der Waals surface area contributed by atoms with Gasteiger partial charge < -0.3 is 19.6 Å². The van der Waals surface area contributed by atoms with Gasteiger partial charge in [-0.3, -0.25) is 4.79 Å². The Balaban J connectivity index is 1.54. The van der Waals surface area contributed by atoms with Crippen molar-refractivity contribution in [3.63, 3.8) is 0 Å². The first-order valence-corrected chi connectivity index (χ1v) is 7.65. The smallest absolute Gasteiger partial charge is 0.265 e. The highest BCUT2D eigenvalue weighted by Crippen LogP contribution is 2.32. The highest BCUT2D eigenvalue weighted by Gasteiger charge is 2.14. The lowest BCUT2D eigenvalue weighted by atomic mass is 10.1. The molecule has 0 aliphatic carbocycles. The molecule has 2 aromatic carbocycles. The predicted octanol–water partition coefficient (Wildman–Crippen LogP) is 3.24. The lowest BCUT2D eigenvalue weighted by molar-refractivity contribution is -0.120. The number of carbonyl (C=O) groups is 1. The van der Waals surface area contributed by atoms with Crippen LogP contribution in [0.3, 0.4) is 0 Å². The average Bonchev–Trinajstić information content (AvgIpc) is 3.05. The van der Waals surface area contributed by atoms with E-state index in [-0.39, 0.29) is 19.2 Å². The second-order valence-corrected chi connectivity index (χ2v) is 5.53. The number of anilines is 1. The number of benzene rings is 2. The van der Waals surface area contributed by atoms with Crippen molar-refractivity contribution in [3.8, 4) is 11.5 Å². The number of carbonyl (C=O) groups excluding carboxylic acids is 1. The number of nitrogens with zero attached hydrogens (tertiary/aromatic N) is 1. The maximum absolute atomic E-state index is 13.4. The summed E-state index contributed by atoms with van der Waals surface area (Å²) in [5.41, 5.74) is 2.27. The van der Waals surface area contributed by atoms with Gasteiger partial charge >= 0.3 is 0 Å². The molecule has 1 amide bonds. The van der Waals surface area contributed by atoms with Gasteiger partial charge in [0.05, 0.1) is 5.71 Å². The van der Waals surface area contributed by atoms with Gasteiger partial charge in [-0.15, -0.1) is 0 Å². The molecular formula is C18H17FN2O4. The van der Waals surface area contributed by atoms with Gasteiger partial charge in [-0.1, -0.05) is 11.2 Å². The van der Waals surface area contributed by atoms with Crippen molar-refractivity contribution in [1.82, 2.24) is 0 Å². The first kappa shape index (κ1) is 16.8. The molecule has 2 aromatic rings. The van der Waals surface area contributed by atoms with Crippen molar-refractivity contribution in [2.45, 2.75) is 13.8 Å². The van der Waals surface area contributed by atoms with Gasteiger partial charge in [-0.2, -0.15) is 0 Å². The Morgan fingerprint density at radius 2 is 2.04 bits per heavy atom. The van der Waals surface area contributed by atoms with Crippen LogP contribution in [-0.4, -0.2) is 25.0 Å². The van der Waals surface area contributed by atoms with Crippen LogP contribution < -0.4 is 14.8 Å². The number of nitrogens with one attached hydrogen (secondary N) is 1. The predicted molar refractivity (Wildman–Crippen MR) is 90.5 cm³/mol. The number of aryl methyl sites for hydroxylation is 1. The summed E-state index contributed by atoms with van der Waals surface area (Å²) < 4.78 is 24.0. The summed E-state index contributed by atoms with van der Waals surface area (Å²) in [7, 11) is 0. The van der Waals surface area contributed by atoms with E-state index in [1.165, 1.54) is 6.07 Å². The number of ether oxygens (including phenoxy) is 2. The molecule has 1 aliphatic heterocycles. The van der Waals surface area contributed by atoms with E-state index in [1.54, 1.807) is 38.1 Å². The minimum absolute atomic E-state index is 0.200. The molecule has 0 radical (unpaired) electrons. The average molecular weight is 344 g/mol. The van der Waals surface area contributed by atoms with Crippen molar-refractivity contribution < 1.29 is 23.5 Å². The Morgan fingerprint density at radius 1 is 1.24 bits per heavy atom. The van der Waals surface area contributed by atoms with Crippen molar-refractivity contribution in [1.29, 1.82) is 0 Å². The zero-order chi connectivity index (χ0) is 17.8. The summed E-state index contributed by atoms with van der Waals surface area (Å²) >= 11 is 0. The molecule has 25 heavy (non-hydrogen) atoms. The third-order valence-corrected chi connectivity index (χ3v) is 3.64. The van der Waals surface area contributed by atoms with Crippen LogP contribution in [0.5, 0.6) is 11.5 Å². The summed E-state index contributed by atoms with van der Waals surface area (Å²) in [4.78, 5) is 16.9. The lowest BCUT2D eigenvalue weighted by Crippen LogP contribution is -2.17. The molecule has 0 unspecified atom stereocenters. The van der Waals surface area contributed by atoms with Crippen LogP contribution in [0.25, 0.3) is 0 Å². The highest BCUT2D eigenvalue weighted by atomic mass is 19.1.